The third-order valence-corrected chi connectivity index (χ3v) is 5.62. The fourth-order valence-corrected chi connectivity index (χ4v) is 4.32. The van der Waals surface area contributed by atoms with Gasteiger partial charge in [0.2, 0.25) is 10.0 Å². The van der Waals surface area contributed by atoms with Gasteiger partial charge < -0.3 is 0 Å². The molecule has 2 aromatic heterocycles. The summed E-state index contributed by atoms with van der Waals surface area (Å²) in [6, 6.07) is 2.12. The van der Waals surface area contributed by atoms with Gasteiger partial charge in [-0.3, -0.25) is 5.10 Å². The lowest BCUT2D eigenvalue weighted by atomic mass is 10.2. The molecule has 0 aromatic carbocycles. The number of aromatic amines is 1. The van der Waals surface area contributed by atoms with Gasteiger partial charge in [-0.25, -0.2) is 13.1 Å². The zero-order valence-electron chi connectivity index (χ0n) is 9.64. The van der Waals surface area contributed by atoms with E-state index in [4.69, 9.17) is 0 Å². The highest BCUT2D eigenvalue weighted by atomic mass is 32.2. The Kier molecular flexibility index (Phi) is 2.96. The molecule has 0 spiro atoms. The van der Waals surface area contributed by atoms with Crippen molar-refractivity contribution < 1.29 is 8.42 Å². The third kappa shape index (κ3) is 2.21. The van der Waals surface area contributed by atoms with Crippen LogP contribution in [0.5, 0.6) is 0 Å². The summed E-state index contributed by atoms with van der Waals surface area (Å²) < 4.78 is 26.3. The topological polar surface area (TPSA) is 74.8 Å². The number of hydrogen-bond donors (Lipinski definition) is 2. The highest BCUT2D eigenvalue weighted by Gasteiger charge is 2.18. The van der Waals surface area contributed by atoms with Crippen LogP contribution in [0.1, 0.15) is 21.7 Å². The van der Waals surface area contributed by atoms with Crippen molar-refractivity contribution >= 4 is 21.4 Å². The van der Waals surface area contributed by atoms with Gasteiger partial charge in [-0.15, -0.1) is 11.3 Å². The van der Waals surface area contributed by atoms with Gasteiger partial charge in [-0.05, 0) is 30.9 Å². The maximum atomic E-state index is 11.9. The lowest BCUT2D eigenvalue weighted by Crippen LogP contribution is -2.22. The Labute approximate surface area is 109 Å². The number of nitrogens with zero attached hydrogens (tertiary/aromatic N) is 1. The summed E-state index contributed by atoms with van der Waals surface area (Å²) in [5, 5.41) is 6.14. The van der Waals surface area contributed by atoms with Crippen molar-refractivity contribution in [3.63, 3.8) is 0 Å². The van der Waals surface area contributed by atoms with Gasteiger partial charge in [-0.2, -0.15) is 5.10 Å². The minimum atomic E-state index is -3.44. The molecule has 0 amide bonds. The van der Waals surface area contributed by atoms with E-state index < -0.39 is 10.0 Å². The van der Waals surface area contributed by atoms with Crippen LogP contribution in [0.3, 0.4) is 0 Å². The second kappa shape index (κ2) is 4.49. The highest BCUT2D eigenvalue weighted by Crippen LogP contribution is 2.30. The van der Waals surface area contributed by atoms with Gasteiger partial charge >= 0.3 is 0 Å². The Balaban J connectivity index is 1.71. The Morgan fingerprint density at radius 2 is 2.33 bits per heavy atom. The van der Waals surface area contributed by atoms with Crippen LogP contribution in [-0.2, 0) is 29.4 Å². The van der Waals surface area contributed by atoms with E-state index in [9.17, 15) is 8.42 Å². The summed E-state index contributed by atoms with van der Waals surface area (Å²) >= 11 is 1.71. The van der Waals surface area contributed by atoms with E-state index in [1.807, 2.05) is 0 Å². The first kappa shape index (κ1) is 11.9. The third-order valence-electron chi connectivity index (χ3n) is 3.02. The van der Waals surface area contributed by atoms with E-state index in [0.29, 0.717) is 6.54 Å². The number of fused-ring (bicyclic) bond motifs is 1. The largest absolute Gasteiger partial charge is 0.284 e. The fourth-order valence-electron chi connectivity index (χ4n) is 2.11. The maximum absolute atomic E-state index is 11.9. The number of nitrogens with one attached hydrogen (secondary N) is 2. The van der Waals surface area contributed by atoms with Crippen molar-refractivity contribution in [1.82, 2.24) is 14.9 Å². The summed E-state index contributed by atoms with van der Waals surface area (Å²) in [6.07, 6.45) is 6.16. The first-order valence-corrected chi connectivity index (χ1v) is 8.04. The van der Waals surface area contributed by atoms with Gasteiger partial charge in [0.15, 0.2) is 0 Å². The summed E-state index contributed by atoms with van der Waals surface area (Å²) in [7, 11) is -3.44. The summed E-state index contributed by atoms with van der Waals surface area (Å²) in [5.74, 6) is 0. The fraction of sp³-hybridized carbons (Fsp3) is 0.364. The van der Waals surface area contributed by atoms with Gasteiger partial charge in [0.05, 0.1) is 6.20 Å². The van der Waals surface area contributed by atoms with Crippen molar-refractivity contribution in [3.8, 4) is 0 Å². The zero-order chi connectivity index (χ0) is 12.6. The number of sulfonamides is 1. The molecule has 5 nitrogen and oxygen atoms in total. The van der Waals surface area contributed by atoms with Crippen LogP contribution < -0.4 is 4.72 Å². The van der Waals surface area contributed by atoms with E-state index in [2.05, 4.69) is 21.0 Å². The summed E-state index contributed by atoms with van der Waals surface area (Å²) in [4.78, 5) is 2.66. The Morgan fingerprint density at radius 1 is 1.44 bits per heavy atom. The average molecular weight is 283 g/mol. The van der Waals surface area contributed by atoms with Crippen LogP contribution >= 0.6 is 11.3 Å². The number of thiophene rings is 1. The Hall–Kier alpha value is -1.18. The Morgan fingerprint density at radius 3 is 3.06 bits per heavy atom. The van der Waals surface area contributed by atoms with E-state index in [1.165, 1.54) is 29.3 Å². The molecule has 0 aliphatic heterocycles. The van der Waals surface area contributed by atoms with Crippen molar-refractivity contribution in [2.24, 2.45) is 0 Å². The van der Waals surface area contributed by atoms with E-state index >= 15 is 0 Å². The molecule has 0 atom stereocenters. The molecule has 0 unspecified atom stereocenters. The van der Waals surface area contributed by atoms with Crippen molar-refractivity contribution in [1.29, 1.82) is 0 Å². The zero-order valence-corrected chi connectivity index (χ0v) is 11.3. The van der Waals surface area contributed by atoms with Gasteiger partial charge in [0, 0.05) is 22.5 Å². The van der Waals surface area contributed by atoms with Crippen LogP contribution in [0.25, 0.3) is 0 Å². The number of hydrogen-bond acceptors (Lipinski definition) is 4. The molecule has 7 heteroatoms. The van der Waals surface area contributed by atoms with Crippen molar-refractivity contribution in [2.75, 3.05) is 0 Å². The molecule has 0 saturated carbocycles. The molecule has 2 N–H and O–H groups in total. The predicted molar refractivity (Wildman–Crippen MR) is 69.0 cm³/mol. The van der Waals surface area contributed by atoms with Crippen LogP contribution in [-0.4, -0.2) is 18.6 Å². The minimum Gasteiger partial charge on any atom is -0.284 e. The molecule has 1 aliphatic rings. The standard InChI is InChI=1S/C11H13N3O2S2/c15-18(16,10-6-12-13-7-10)14-5-9-4-8-2-1-3-11(8)17-9/h4,6-7,14H,1-3,5H2,(H,12,13). The summed E-state index contributed by atoms with van der Waals surface area (Å²) in [6.45, 7) is 0.352. The second-order valence-electron chi connectivity index (χ2n) is 4.27. The number of H-pyrrole nitrogens is 1. The van der Waals surface area contributed by atoms with Crippen molar-refractivity contribution in [2.45, 2.75) is 30.7 Å². The lowest BCUT2D eigenvalue weighted by molar-refractivity contribution is 0.582. The van der Waals surface area contributed by atoms with Gasteiger partial charge in [-0.1, -0.05) is 0 Å². The first-order valence-electron chi connectivity index (χ1n) is 5.74. The maximum Gasteiger partial charge on any atom is 0.244 e. The van der Waals surface area contributed by atoms with Gasteiger partial charge in [0.1, 0.15) is 4.90 Å². The van der Waals surface area contributed by atoms with Gasteiger partial charge in [0.25, 0.3) is 0 Å². The highest BCUT2D eigenvalue weighted by molar-refractivity contribution is 7.89. The van der Waals surface area contributed by atoms with E-state index in [0.717, 1.165) is 17.7 Å². The molecule has 96 valence electrons. The average Bonchev–Trinajstić information content (AvgIpc) is 3.02. The lowest BCUT2D eigenvalue weighted by Gasteiger charge is -2.02. The second-order valence-corrected chi connectivity index (χ2v) is 7.26. The molecular formula is C11H13N3O2S2. The SMILES string of the molecule is O=S(=O)(NCc1cc2c(s1)CCC2)c1cn[nH]c1. The van der Waals surface area contributed by atoms with Crippen molar-refractivity contribution in [3.05, 3.63) is 33.8 Å². The molecule has 2 aromatic rings. The van der Waals surface area contributed by atoms with Crippen LogP contribution in [0.4, 0.5) is 0 Å². The predicted octanol–water partition coefficient (Wildman–Crippen LogP) is 1.44. The Bertz CT molecular complexity index is 622. The smallest absolute Gasteiger partial charge is 0.244 e. The van der Waals surface area contributed by atoms with Crippen LogP contribution in [0.2, 0.25) is 0 Å². The number of aryl methyl sites for hydroxylation is 2. The molecule has 0 saturated heterocycles. The molecule has 0 fully saturated rings. The molecule has 2 heterocycles. The normalized spacial score (nSPS) is 14.9. The number of rotatable bonds is 4. The van der Waals surface area contributed by atoms with Crippen LogP contribution in [0.15, 0.2) is 23.4 Å². The van der Waals surface area contributed by atoms with E-state index in [-0.39, 0.29) is 4.90 Å². The molecule has 18 heavy (non-hydrogen) atoms. The molecular weight excluding hydrogens is 270 g/mol. The van der Waals surface area contributed by atoms with Crippen LogP contribution in [0, 0.1) is 0 Å². The minimum absolute atomic E-state index is 0.173. The summed E-state index contributed by atoms with van der Waals surface area (Å²) in [5.41, 5.74) is 1.39. The first-order chi connectivity index (χ1) is 8.65. The monoisotopic (exact) mass is 283 g/mol. The molecule has 3 rings (SSSR count). The number of aromatic nitrogens is 2. The molecule has 0 bridgehead atoms. The molecule has 0 radical (unpaired) electrons. The van der Waals surface area contributed by atoms with E-state index in [1.54, 1.807) is 11.3 Å². The molecule has 1 aliphatic carbocycles. The quantitative estimate of drug-likeness (QED) is 0.891.